The Morgan fingerprint density at radius 1 is 1.12 bits per heavy atom. The Morgan fingerprint density at radius 3 is 2.50 bits per heavy atom. The van der Waals surface area contributed by atoms with Crippen LogP contribution in [0, 0.1) is 32.6 Å². The van der Waals surface area contributed by atoms with Crippen molar-refractivity contribution < 1.29 is 19.1 Å². The maximum Gasteiger partial charge on any atom is 0.173 e. The van der Waals surface area contributed by atoms with Crippen LogP contribution in [-0.4, -0.2) is 23.1 Å². The molecule has 2 aromatic rings. The second-order valence-electron chi connectivity index (χ2n) is 7.99. The van der Waals surface area contributed by atoms with Crippen molar-refractivity contribution in [2.75, 3.05) is 0 Å². The van der Waals surface area contributed by atoms with Gasteiger partial charge in [-0.3, -0.25) is 4.79 Å². The fourth-order valence-corrected chi connectivity index (χ4v) is 5.49. The highest BCUT2D eigenvalue weighted by molar-refractivity contribution is 6.26. The summed E-state index contributed by atoms with van der Waals surface area (Å²) in [6.45, 7) is 6.07. The van der Waals surface area contributed by atoms with E-state index in [9.17, 15) is 9.90 Å². The van der Waals surface area contributed by atoms with Gasteiger partial charge in [0.1, 0.15) is 5.76 Å². The largest absolute Gasteiger partial charge is 0.511 e. The number of aliphatic hydroxyl groups is 1. The maximum absolute atomic E-state index is 13.3. The minimum atomic E-state index is -0.252. The van der Waals surface area contributed by atoms with E-state index in [0.717, 1.165) is 34.2 Å². The molecule has 2 saturated heterocycles. The van der Waals surface area contributed by atoms with Gasteiger partial charge in [-0.2, -0.15) is 0 Å². The van der Waals surface area contributed by atoms with E-state index in [0.29, 0.717) is 5.57 Å². The first-order valence-corrected chi connectivity index (χ1v) is 9.20. The summed E-state index contributed by atoms with van der Waals surface area (Å²) < 4.78 is 11.4. The summed E-state index contributed by atoms with van der Waals surface area (Å²) in [5.41, 5.74) is 5.74. The normalized spacial score (nSPS) is 32.6. The number of ether oxygens (including phenoxy) is 1. The van der Waals surface area contributed by atoms with Crippen LogP contribution < -0.4 is 0 Å². The van der Waals surface area contributed by atoms with E-state index in [2.05, 4.69) is 12.1 Å². The predicted molar refractivity (Wildman–Crippen MR) is 96.9 cm³/mol. The molecule has 26 heavy (non-hydrogen) atoms. The van der Waals surface area contributed by atoms with Gasteiger partial charge in [0, 0.05) is 5.92 Å². The highest BCUT2D eigenvalue weighted by atomic mass is 16.5. The van der Waals surface area contributed by atoms with Gasteiger partial charge in [-0.25, -0.2) is 0 Å². The van der Waals surface area contributed by atoms with E-state index in [1.54, 1.807) is 12.5 Å². The molecule has 5 rings (SSSR count). The zero-order valence-corrected chi connectivity index (χ0v) is 15.2. The summed E-state index contributed by atoms with van der Waals surface area (Å²) in [6.07, 6.45) is 3.94. The third-order valence-corrected chi connectivity index (χ3v) is 6.38. The van der Waals surface area contributed by atoms with Gasteiger partial charge in [-0.05, 0) is 55.5 Å². The molecular formula is C22H22O4. The highest BCUT2D eigenvalue weighted by Crippen LogP contribution is 2.58. The van der Waals surface area contributed by atoms with Gasteiger partial charge < -0.3 is 14.3 Å². The number of allylic oxidation sites excluding steroid dienone is 1. The van der Waals surface area contributed by atoms with E-state index in [1.807, 2.05) is 26.8 Å². The molecule has 1 N–H and O–H groups in total. The monoisotopic (exact) mass is 350 g/mol. The Labute approximate surface area is 152 Å². The van der Waals surface area contributed by atoms with Crippen LogP contribution in [0.5, 0.6) is 0 Å². The molecule has 2 fully saturated rings. The van der Waals surface area contributed by atoms with E-state index in [-0.39, 0.29) is 41.5 Å². The average molecular weight is 350 g/mol. The Morgan fingerprint density at radius 2 is 1.85 bits per heavy atom. The van der Waals surface area contributed by atoms with Crippen molar-refractivity contribution in [2.45, 2.75) is 45.3 Å². The summed E-state index contributed by atoms with van der Waals surface area (Å²) in [7, 11) is 0. The zero-order chi connectivity index (χ0) is 18.2. The smallest absolute Gasteiger partial charge is 0.173 e. The first kappa shape index (κ1) is 15.9. The fraction of sp³-hybridized carbons (Fsp3) is 0.409. The molecule has 4 heteroatoms. The number of furan rings is 1. The van der Waals surface area contributed by atoms with Crippen molar-refractivity contribution >= 4 is 11.4 Å². The SMILES string of the molecule is Cc1cc(C)c(C2=C(O)[C@@H]3[C@@H]4O[C@@H](C[C@H]4c4ccoc4)[C@@H]3C2=O)c(C)c1. The van der Waals surface area contributed by atoms with E-state index < -0.39 is 0 Å². The van der Waals surface area contributed by atoms with Gasteiger partial charge in [0.05, 0.1) is 42.1 Å². The Kier molecular flexibility index (Phi) is 3.26. The first-order valence-electron chi connectivity index (χ1n) is 9.20. The van der Waals surface area contributed by atoms with Crippen LogP contribution in [0.2, 0.25) is 0 Å². The van der Waals surface area contributed by atoms with E-state index in [4.69, 9.17) is 9.15 Å². The lowest BCUT2D eigenvalue weighted by Crippen LogP contribution is -2.33. The molecule has 0 saturated carbocycles. The number of ketones is 1. The number of carbonyl (C=O) groups excluding carboxylic acids is 1. The molecule has 3 heterocycles. The van der Waals surface area contributed by atoms with Crippen molar-refractivity contribution in [3.8, 4) is 0 Å². The van der Waals surface area contributed by atoms with Crippen molar-refractivity contribution in [3.05, 3.63) is 64.3 Å². The number of rotatable bonds is 2. The van der Waals surface area contributed by atoms with Crippen molar-refractivity contribution in [1.29, 1.82) is 0 Å². The quantitative estimate of drug-likeness (QED) is 0.880. The van der Waals surface area contributed by atoms with E-state index >= 15 is 0 Å². The molecule has 134 valence electrons. The molecule has 0 radical (unpaired) electrons. The number of Topliss-reactive ketones (excluding diaryl/α,β-unsaturated/α-hetero) is 1. The second-order valence-corrected chi connectivity index (χ2v) is 7.99. The number of fused-ring (bicyclic) bond motifs is 5. The third-order valence-electron chi connectivity index (χ3n) is 6.38. The minimum Gasteiger partial charge on any atom is -0.511 e. The van der Waals surface area contributed by atoms with Gasteiger partial charge >= 0.3 is 0 Å². The molecule has 2 aliphatic heterocycles. The fourth-order valence-electron chi connectivity index (χ4n) is 5.49. The number of benzene rings is 1. The Bertz CT molecular complexity index is 914. The summed E-state index contributed by atoms with van der Waals surface area (Å²) in [5, 5.41) is 11.1. The molecule has 3 aliphatic rings. The number of carbonyl (C=O) groups is 1. The Hall–Kier alpha value is -2.33. The topological polar surface area (TPSA) is 59.7 Å². The summed E-state index contributed by atoms with van der Waals surface area (Å²) in [5.74, 6) is -0.0551. The number of aryl methyl sites for hydroxylation is 3. The molecule has 0 unspecified atom stereocenters. The van der Waals surface area contributed by atoms with Crippen LogP contribution in [0.4, 0.5) is 0 Å². The van der Waals surface area contributed by atoms with Crippen LogP contribution in [0.15, 0.2) is 40.9 Å². The molecule has 0 amide bonds. The molecular weight excluding hydrogens is 328 g/mol. The van der Waals surface area contributed by atoms with Gasteiger partial charge in [-0.15, -0.1) is 0 Å². The summed E-state index contributed by atoms with van der Waals surface area (Å²) >= 11 is 0. The predicted octanol–water partition coefficient (Wildman–Crippen LogP) is 4.24. The molecule has 0 spiro atoms. The van der Waals surface area contributed by atoms with Crippen LogP contribution in [-0.2, 0) is 9.53 Å². The van der Waals surface area contributed by atoms with Crippen molar-refractivity contribution in [1.82, 2.24) is 0 Å². The standard InChI is InChI=1S/C22H22O4/c1-10-6-11(2)16(12(3)7-10)18-20(23)17-15-8-14(13-4-5-25-9-13)22(26-15)19(17)21(18)24/h4-7,9,14-15,17,19,22,24H,8H2,1-3H3/t14-,15-,17-,19+,22+/m0/s1. The van der Waals surface area contributed by atoms with E-state index in [1.165, 1.54) is 0 Å². The Balaban J connectivity index is 1.60. The number of aliphatic hydroxyl groups excluding tert-OH is 1. The minimum absolute atomic E-state index is 0.0423. The maximum atomic E-state index is 13.3. The number of hydrogen-bond acceptors (Lipinski definition) is 4. The van der Waals surface area contributed by atoms with Crippen LogP contribution >= 0.6 is 0 Å². The van der Waals surface area contributed by atoms with Gasteiger partial charge in [0.25, 0.3) is 0 Å². The lowest BCUT2D eigenvalue weighted by Gasteiger charge is -2.26. The summed E-state index contributed by atoms with van der Waals surface area (Å²) in [6, 6.07) is 6.10. The molecule has 1 aromatic carbocycles. The second kappa shape index (κ2) is 5.34. The highest BCUT2D eigenvalue weighted by Gasteiger charge is 2.62. The van der Waals surface area contributed by atoms with Crippen molar-refractivity contribution in [2.24, 2.45) is 11.8 Å². The lowest BCUT2D eigenvalue weighted by molar-refractivity contribution is -0.118. The van der Waals surface area contributed by atoms with Gasteiger partial charge in [-0.1, -0.05) is 17.7 Å². The third kappa shape index (κ3) is 1.96. The van der Waals surface area contributed by atoms with Gasteiger partial charge in [0.15, 0.2) is 5.78 Å². The molecule has 5 atom stereocenters. The molecule has 4 nitrogen and oxygen atoms in total. The molecule has 2 bridgehead atoms. The van der Waals surface area contributed by atoms with Crippen LogP contribution in [0.1, 0.15) is 40.2 Å². The average Bonchev–Trinajstić information content (AvgIpc) is 3.33. The number of hydrogen-bond donors (Lipinski definition) is 1. The molecule has 1 aliphatic carbocycles. The van der Waals surface area contributed by atoms with Crippen LogP contribution in [0.3, 0.4) is 0 Å². The van der Waals surface area contributed by atoms with Crippen molar-refractivity contribution in [3.63, 3.8) is 0 Å². The lowest BCUT2D eigenvalue weighted by atomic mass is 9.73. The molecule has 1 aromatic heterocycles. The first-order chi connectivity index (χ1) is 12.5. The zero-order valence-electron chi connectivity index (χ0n) is 15.2. The van der Waals surface area contributed by atoms with Crippen LogP contribution in [0.25, 0.3) is 5.57 Å². The van der Waals surface area contributed by atoms with Gasteiger partial charge in [0.2, 0.25) is 0 Å². The summed E-state index contributed by atoms with van der Waals surface area (Å²) in [4.78, 5) is 13.3.